The van der Waals surface area contributed by atoms with Gasteiger partial charge in [-0.15, -0.1) is 12.4 Å². The maximum atomic E-state index is 14.6. The number of sulfonamides is 2. The molecule has 4 saturated heterocycles. The lowest BCUT2D eigenvalue weighted by Crippen LogP contribution is -2.58. The van der Waals surface area contributed by atoms with E-state index < -0.39 is 159 Å². The van der Waals surface area contributed by atoms with E-state index >= 15 is 0 Å². The summed E-state index contributed by atoms with van der Waals surface area (Å²) in [6.07, 6.45) is 15.8. The normalized spacial score (nSPS) is 28.0. The molecule has 16 rings (SSSR count). The van der Waals surface area contributed by atoms with Crippen molar-refractivity contribution >= 4 is 115 Å². The predicted molar refractivity (Wildman–Crippen MR) is 420 cm³/mol. The Morgan fingerprint density at radius 1 is 0.593 bits per heavy atom. The molecule has 4 aliphatic carbocycles. The van der Waals surface area contributed by atoms with E-state index in [1.165, 1.54) is 39.1 Å². The Morgan fingerprint density at radius 2 is 1.06 bits per heavy atom. The summed E-state index contributed by atoms with van der Waals surface area (Å²) in [5.74, 6) is -4.48. The molecule has 612 valence electrons. The maximum absolute atomic E-state index is 14.6. The number of nitrogens with two attached hydrogens (primary N) is 1. The van der Waals surface area contributed by atoms with Crippen molar-refractivity contribution in [1.29, 1.82) is 0 Å². The lowest BCUT2D eigenvalue weighted by atomic mass is 10.0. The number of hydrogen-bond acceptors (Lipinski definition) is 23. The minimum atomic E-state index is -3.92. The van der Waals surface area contributed by atoms with Gasteiger partial charge in [0.1, 0.15) is 52.8 Å². The van der Waals surface area contributed by atoms with Crippen LogP contribution in [0, 0.1) is 18.8 Å². The van der Waals surface area contributed by atoms with Gasteiger partial charge in [-0.1, -0.05) is 97.5 Å². The number of carbonyl (C=O) groups is 8. The molecule has 4 aromatic carbocycles. The topological polar surface area (TPSA) is 415 Å². The number of ether oxygens (including phenoxy) is 3. The van der Waals surface area contributed by atoms with Gasteiger partial charge in [0, 0.05) is 66.5 Å². The quantitative estimate of drug-likeness (QED) is 0.0713. The lowest BCUT2D eigenvalue weighted by Gasteiger charge is -2.36. The molecule has 8 amide bonds. The van der Waals surface area contributed by atoms with Crippen LogP contribution in [0.5, 0.6) is 5.75 Å². The number of rotatable bonds is 13. The van der Waals surface area contributed by atoms with Crippen LogP contribution in [0.4, 0.5) is 21.0 Å². The largest absolute Gasteiger partial charge is 0.489 e. The van der Waals surface area contributed by atoms with E-state index in [9.17, 15) is 74.4 Å². The van der Waals surface area contributed by atoms with Gasteiger partial charge in [0.05, 0.1) is 49.3 Å². The van der Waals surface area contributed by atoms with Crippen molar-refractivity contribution in [1.82, 2.24) is 45.0 Å². The average molecular weight is 1670 g/mol. The maximum Gasteiger partial charge on any atom is 0.410 e. The van der Waals surface area contributed by atoms with E-state index in [2.05, 4.69) is 30.7 Å². The number of nitrogens with one attached hydrogen (secondary N) is 6. The van der Waals surface area contributed by atoms with Crippen molar-refractivity contribution in [2.45, 2.75) is 226 Å². The molecular formula is C77H97Cl3N12O19S2. The van der Waals surface area contributed by atoms with Crippen LogP contribution in [0.15, 0.2) is 79.9 Å². The van der Waals surface area contributed by atoms with Crippen LogP contribution in [0.1, 0.15) is 163 Å². The fourth-order valence-corrected chi connectivity index (χ4v) is 18.8. The first-order valence-corrected chi connectivity index (χ1v) is 42.8. The summed E-state index contributed by atoms with van der Waals surface area (Å²) in [6.45, 7) is 8.50. The highest BCUT2D eigenvalue weighted by Crippen LogP contribution is 2.48. The van der Waals surface area contributed by atoms with E-state index in [1.54, 1.807) is 36.9 Å². The molecule has 8 heterocycles. The van der Waals surface area contributed by atoms with Crippen LogP contribution < -0.4 is 67.8 Å². The SMILES string of the molecule is C1CNC1.CCOc1c(C)c(=O)c1=O.Cl.N[C@H]1CCCCC/C=C\[C@@H]2C[C@@]2(C(=O)NS(=O)(=O)C2CC2)NC(=O)[C@@H]2C[C@@H](OC(=O)N3Cc4cccc(Cl)c4C3)CN2C1=O.O=C1N[C@]2(C(=O)NS(=O)(=O)C3CC3)C[C@H]2/C=C\CCCCC[C@H](Nc2c(N3CCC3)c(=O)c2=O)C(=O)N2C[C@H](OC(=O)N3Cc4cccc(Cl)c4C3)C[C@@H]12. The zero-order chi connectivity index (χ0) is 79.7. The zero-order valence-corrected chi connectivity index (χ0v) is 67.0. The molecule has 0 bridgehead atoms. The number of halogens is 3. The molecule has 8 aliphatic heterocycles. The highest BCUT2D eigenvalue weighted by Gasteiger charge is 2.64. The van der Waals surface area contributed by atoms with Crippen LogP contribution in [0.2, 0.25) is 10.0 Å². The Labute approximate surface area is 670 Å². The highest BCUT2D eigenvalue weighted by molar-refractivity contribution is 7.91. The molecule has 36 heteroatoms. The minimum absolute atomic E-state index is 0. The van der Waals surface area contributed by atoms with Crippen LogP contribution in [0.3, 0.4) is 0 Å². The van der Waals surface area contributed by atoms with Crippen molar-refractivity contribution in [2.24, 2.45) is 17.6 Å². The molecule has 0 radical (unpaired) electrons. The van der Waals surface area contributed by atoms with Crippen molar-refractivity contribution < 1.29 is 69.4 Å². The first-order valence-electron chi connectivity index (χ1n) is 38.9. The van der Waals surface area contributed by atoms with Crippen LogP contribution in [-0.4, -0.2) is 188 Å². The fourth-order valence-electron chi connectivity index (χ4n) is 15.6. The average Bonchev–Trinajstić information content (AvgIpc) is 1.61. The Bertz CT molecular complexity index is 4800. The van der Waals surface area contributed by atoms with Crippen molar-refractivity contribution in [2.75, 3.05) is 56.1 Å². The Balaban J connectivity index is 0.000000179. The lowest BCUT2D eigenvalue weighted by molar-refractivity contribution is -0.140. The second kappa shape index (κ2) is 34.9. The Morgan fingerprint density at radius 3 is 1.49 bits per heavy atom. The highest BCUT2D eigenvalue weighted by atomic mass is 35.5. The molecule has 8 fully saturated rings. The van der Waals surface area contributed by atoms with Crippen molar-refractivity contribution in [3.05, 3.63) is 139 Å². The Kier molecular flexibility index (Phi) is 25.9. The van der Waals surface area contributed by atoms with Crippen LogP contribution in [0.25, 0.3) is 0 Å². The summed E-state index contributed by atoms with van der Waals surface area (Å²) in [4.78, 5) is 164. The number of carbonyl (C=O) groups excluding carboxylic acids is 8. The van der Waals surface area contributed by atoms with E-state index in [4.69, 9.17) is 43.1 Å². The molecule has 4 aromatic rings. The molecule has 31 nitrogen and oxygen atoms in total. The van der Waals surface area contributed by atoms with Gasteiger partial charge >= 0.3 is 12.2 Å². The molecule has 0 spiro atoms. The standard InChI is InChI=1S/C37H43ClN6O9S.C30H38ClN5O7S.C7H8O3.C3H7N.ClH/c38-26-10-6-8-21-18-43(20-25(21)26)36(50)53-23-16-28-33(47)40-37(35(49)41-54(51,52)24-12-13-24)17-22(37)9-4-2-1-3-5-11-27(34(48)44(28)19-23)39-29-30(32(46)31(29)45)42-14-7-15-42;31-23-9-6-7-18-15-35(17-22(18)23)29(40)43-20-13-25-26(37)33-30(28(39)34-44(41,42)21-11-12-21)14-19(30)8-4-2-1-3-5-10-24(32)27(38)36(25)16-20;1-3-10-7-4(2)5(8)6(7)9;1-2-4-3-1;/h4,6,8-10,22-24,27-28,39H,1-3,5,7,11-20H2,(H,40,47)(H,41,49);4,6-9,19-21,24-25H,1-3,5,10-17,32H2,(H,33,37)(H,34,39);3H2,1-2H3;4H,1-3H2;1H/b9-4-;8-4-;;;/t22-,23-,27+,28+,37-;19-,20-,24+,25+,30-;;;/m11.../s1. The van der Waals surface area contributed by atoms with Gasteiger partial charge in [0.25, 0.3) is 28.1 Å². The summed E-state index contributed by atoms with van der Waals surface area (Å²) in [6, 6.07) is 6.82. The molecule has 0 unspecified atom stereocenters. The molecule has 113 heavy (non-hydrogen) atoms. The smallest absolute Gasteiger partial charge is 0.410 e. The van der Waals surface area contributed by atoms with Crippen molar-refractivity contribution in [3.8, 4) is 5.75 Å². The number of fused-ring (bicyclic) bond motifs is 6. The van der Waals surface area contributed by atoms with Gasteiger partial charge in [0.2, 0.25) is 49.1 Å². The van der Waals surface area contributed by atoms with Crippen LogP contribution >= 0.6 is 35.6 Å². The first-order chi connectivity index (χ1) is 53.5. The van der Waals surface area contributed by atoms with Gasteiger partial charge in [-0.25, -0.2) is 26.4 Å². The summed E-state index contributed by atoms with van der Waals surface area (Å²) >= 11 is 12.7. The minimum Gasteiger partial charge on any atom is -0.489 e. The van der Waals surface area contributed by atoms with Gasteiger partial charge in [-0.05, 0) is 151 Å². The summed E-state index contributed by atoms with van der Waals surface area (Å²) in [7, 11) is -7.76. The van der Waals surface area contributed by atoms with Gasteiger partial charge < -0.3 is 55.9 Å². The van der Waals surface area contributed by atoms with Gasteiger partial charge in [-0.2, -0.15) is 0 Å². The van der Waals surface area contributed by atoms with E-state index in [0.717, 1.165) is 67.2 Å². The monoisotopic (exact) mass is 1660 g/mol. The number of nitrogens with zero attached hydrogens (tertiary/aromatic N) is 5. The number of benzene rings is 2. The summed E-state index contributed by atoms with van der Waals surface area (Å²) in [5, 5.41) is 11.7. The predicted octanol–water partition coefficient (Wildman–Crippen LogP) is 4.54. The molecule has 12 aliphatic rings. The number of allylic oxidation sites excluding steroid dienone is 2. The Hall–Kier alpha value is -8.47. The van der Waals surface area contributed by atoms with E-state index in [-0.39, 0.29) is 87.9 Å². The van der Waals surface area contributed by atoms with Crippen LogP contribution in [-0.2, 0) is 84.5 Å². The molecule has 0 aromatic heterocycles. The number of amides is 8. The fraction of sp³-hybridized carbons (Fsp3) is 0.584. The third-order valence-corrected chi connectivity index (χ3v) is 27.4. The van der Waals surface area contributed by atoms with E-state index in [0.29, 0.717) is 93.2 Å². The second-order valence-corrected chi connectivity index (χ2v) is 35.9. The third kappa shape index (κ3) is 18.4. The summed E-state index contributed by atoms with van der Waals surface area (Å²) in [5.41, 5.74) is 5.36. The first kappa shape index (κ1) is 83.9. The number of anilines is 2. The summed E-state index contributed by atoms with van der Waals surface area (Å²) < 4.78 is 71.8. The van der Waals surface area contributed by atoms with Gasteiger partial charge in [0.15, 0.2) is 5.75 Å². The van der Waals surface area contributed by atoms with Crippen molar-refractivity contribution in [3.63, 3.8) is 0 Å². The van der Waals surface area contributed by atoms with E-state index in [1.807, 2.05) is 42.5 Å². The molecule has 4 saturated carbocycles. The molecule has 10 atom stereocenters. The molecule has 8 N–H and O–H groups in total. The van der Waals surface area contributed by atoms with Gasteiger partial charge in [-0.3, -0.25) is 67.2 Å². The second-order valence-electron chi connectivity index (χ2n) is 31.2. The molecular weight excluding hydrogens is 1570 g/mol. The number of hydrogen-bond donors (Lipinski definition) is 7. The zero-order valence-electron chi connectivity index (χ0n) is 63.0. The third-order valence-electron chi connectivity index (χ3n) is 23.1.